The van der Waals surface area contributed by atoms with E-state index in [1.807, 2.05) is 23.1 Å². The molecule has 3 aromatic rings. The third-order valence-electron chi connectivity index (χ3n) is 4.38. The average Bonchev–Trinajstić information content (AvgIpc) is 2.71. The van der Waals surface area contributed by atoms with E-state index >= 15 is 0 Å². The molecule has 1 N–H and O–H groups in total. The summed E-state index contributed by atoms with van der Waals surface area (Å²) in [7, 11) is 0. The number of aliphatic hydroxyl groups is 1. The number of aliphatic hydroxyl groups excluding tert-OH is 1. The van der Waals surface area contributed by atoms with Crippen molar-refractivity contribution in [2.75, 3.05) is 13.2 Å². The van der Waals surface area contributed by atoms with Gasteiger partial charge < -0.3 is 9.84 Å². The Balaban J connectivity index is 1.68. The number of ether oxygens (including phenoxy) is 1. The van der Waals surface area contributed by atoms with E-state index in [0.717, 1.165) is 11.6 Å². The molecule has 152 valence electrons. The molecule has 0 heterocycles. The lowest BCUT2D eigenvalue weighted by molar-refractivity contribution is 0.0624. The number of halogens is 3. The summed E-state index contributed by atoms with van der Waals surface area (Å²) in [5.74, 6) is -1.00. The minimum absolute atomic E-state index is 0.0653. The number of para-hydroxylation sites is 1. The molecule has 0 saturated heterocycles. The van der Waals surface area contributed by atoms with Gasteiger partial charge in [0.1, 0.15) is 35.9 Å². The van der Waals surface area contributed by atoms with E-state index in [1.165, 1.54) is 24.3 Å². The molecule has 0 aromatic heterocycles. The minimum Gasteiger partial charge on any atom is -0.491 e. The van der Waals surface area contributed by atoms with Crippen LogP contribution in [0.15, 0.2) is 72.8 Å². The highest BCUT2D eigenvalue weighted by Crippen LogP contribution is 2.16. The van der Waals surface area contributed by atoms with Crippen LogP contribution in [0.4, 0.5) is 13.2 Å². The summed E-state index contributed by atoms with van der Waals surface area (Å²) in [6, 6.07) is 18.5. The molecule has 0 bridgehead atoms. The van der Waals surface area contributed by atoms with Crippen LogP contribution in [0.2, 0.25) is 0 Å². The van der Waals surface area contributed by atoms with Crippen molar-refractivity contribution in [3.05, 3.63) is 101 Å². The first-order valence-electron chi connectivity index (χ1n) is 9.26. The summed E-state index contributed by atoms with van der Waals surface area (Å²) in [5, 5.41) is 10.4. The van der Waals surface area contributed by atoms with Crippen molar-refractivity contribution >= 4 is 0 Å². The Morgan fingerprint density at radius 1 is 0.828 bits per heavy atom. The fourth-order valence-electron chi connectivity index (χ4n) is 2.98. The Morgan fingerprint density at radius 2 is 1.52 bits per heavy atom. The molecule has 3 nitrogen and oxygen atoms in total. The predicted molar refractivity (Wildman–Crippen MR) is 105 cm³/mol. The lowest BCUT2D eigenvalue weighted by Crippen LogP contribution is -2.35. The zero-order valence-electron chi connectivity index (χ0n) is 15.8. The highest BCUT2D eigenvalue weighted by atomic mass is 19.1. The van der Waals surface area contributed by atoms with Crippen LogP contribution in [0.25, 0.3) is 0 Å². The fourth-order valence-corrected chi connectivity index (χ4v) is 2.98. The Bertz CT molecular complexity index is 904. The molecule has 0 aliphatic heterocycles. The molecule has 6 heteroatoms. The van der Waals surface area contributed by atoms with E-state index in [-0.39, 0.29) is 25.5 Å². The van der Waals surface area contributed by atoms with Crippen LogP contribution in [-0.4, -0.2) is 29.3 Å². The lowest BCUT2D eigenvalue weighted by atomic mass is 10.1. The van der Waals surface area contributed by atoms with E-state index in [9.17, 15) is 18.3 Å². The number of nitrogens with zero attached hydrogens (tertiary/aromatic N) is 1. The standard InChI is InChI=1S/C23H22F3NO2/c24-19-9-6-17(7-10-19)13-27(14-18-8-11-20(25)12-23(18)26)15-21(28)16-29-22-4-2-1-3-5-22/h1-12,21,28H,13-16H2/t21-/m0/s1. The lowest BCUT2D eigenvalue weighted by Gasteiger charge is -2.25. The number of hydrogen-bond acceptors (Lipinski definition) is 3. The molecule has 0 fully saturated rings. The topological polar surface area (TPSA) is 32.7 Å². The van der Waals surface area contributed by atoms with Crippen molar-refractivity contribution < 1.29 is 23.0 Å². The second kappa shape index (κ2) is 10.1. The Morgan fingerprint density at radius 3 is 2.21 bits per heavy atom. The third kappa shape index (κ3) is 6.62. The summed E-state index contributed by atoms with van der Waals surface area (Å²) in [5.41, 5.74) is 1.12. The van der Waals surface area contributed by atoms with Crippen molar-refractivity contribution in [2.45, 2.75) is 19.2 Å². The summed E-state index contributed by atoms with van der Waals surface area (Å²) in [4.78, 5) is 1.81. The Kier molecular flexibility index (Phi) is 7.27. The molecule has 0 unspecified atom stereocenters. The zero-order valence-corrected chi connectivity index (χ0v) is 15.8. The van der Waals surface area contributed by atoms with Gasteiger partial charge in [-0.1, -0.05) is 36.4 Å². The molecule has 0 saturated carbocycles. The van der Waals surface area contributed by atoms with Gasteiger partial charge in [0.25, 0.3) is 0 Å². The van der Waals surface area contributed by atoms with E-state index < -0.39 is 17.7 Å². The van der Waals surface area contributed by atoms with Gasteiger partial charge in [-0.2, -0.15) is 0 Å². The largest absolute Gasteiger partial charge is 0.491 e. The van der Waals surface area contributed by atoms with Gasteiger partial charge in [-0.25, -0.2) is 13.2 Å². The smallest absolute Gasteiger partial charge is 0.130 e. The van der Waals surface area contributed by atoms with Gasteiger partial charge in [0, 0.05) is 31.3 Å². The van der Waals surface area contributed by atoms with Crippen LogP contribution in [0.1, 0.15) is 11.1 Å². The molecule has 1 atom stereocenters. The van der Waals surface area contributed by atoms with E-state index in [1.54, 1.807) is 24.3 Å². The summed E-state index contributed by atoms with van der Waals surface area (Å²) in [6.45, 7) is 0.780. The summed E-state index contributed by atoms with van der Waals surface area (Å²) >= 11 is 0. The second-order valence-electron chi connectivity index (χ2n) is 6.81. The van der Waals surface area contributed by atoms with Crippen molar-refractivity contribution in [1.82, 2.24) is 4.90 Å². The van der Waals surface area contributed by atoms with Crippen LogP contribution in [0.3, 0.4) is 0 Å². The monoisotopic (exact) mass is 401 g/mol. The molecule has 0 amide bonds. The first-order valence-corrected chi connectivity index (χ1v) is 9.26. The predicted octanol–water partition coefficient (Wildman–Crippen LogP) is 4.55. The van der Waals surface area contributed by atoms with Gasteiger partial charge in [-0.15, -0.1) is 0 Å². The highest BCUT2D eigenvalue weighted by Gasteiger charge is 2.16. The first kappa shape index (κ1) is 20.9. The van der Waals surface area contributed by atoms with Gasteiger partial charge in [-0.05, 0) is 35.9 Å². The Hall–Kier alpha value is -2.83. The zero-order chi connectivity index (χ0) is 20.6. The third-order valence-corrected chi connectivity index (χ3v) is 4.38. The van der Waals surface area contributed by atoms with E-state index in [2.05, 4.69) is 0 Å². The van der Waals surface area contributed by atoms with Crippen LogP contribution < -0.4 is 4.74 Å². The SMILES string of the molecule is O[C@H](COc1ccccc1)CN(Cc1ccc(F)cc1)Cc1ccc(F)cc1F. The first-order chi connectivity index (χ1) is 14.0. The maximum Gasteiger partial charge on any atom is 0.130 e. The van der Waals surface area contributed by atoms with Crippen LogP contribution in [0.5, 0.6) is 5.75 Å². The fraction of sp³-hybridized carbons (Fsp3) is 0.217. The van der Waals surface area contributed by atoms with E-state index in [4.69, 9.17) is 4.74 Å². The molecule has 0 aliphatic rings. The van der Waals surface area contributed by atoms with Crippen molar-refractivity contribution in [3.8, 4) is 5.75 Å². The number of hydrogen-bond donors (Lipinski definition) is 1. The number of rotatable bonds is 9. The van der Waals surface area contributed by atoms with Gasteiger partial charge in [0.15, 0.2) is 0 Å². The van der Waals surface area contributed by atoms with Crippen molar-refractivity contribution in [1.29, 1.82) is 0 Å². The molecule has 0 radical (unpaired) electrons. The maximum atomic E-state index is 14.1. The van der Waals surface area contributed by atoms with Gasteiger partial charge in [0.05, 0.1) is 0 Å². The van der Waals surface area contributed by atoms with Crippen LogP contribution in [0, 0.1) is 17.5 Å². The maximum absolute atomic E-state index is 14.1. The Labute approximate surface area is 168 Å². The average molecular weight is 401 g/mol. The van der Waals surface area contributed by atoms with E-state index in [0.29, 0.717) is 17.9 Å². The summed E-state index contributed by atoms with van der Waals surface area (Å²) < 4.78 is 46.1. The minimum atomic E-state index is -0.834. The number of benzene rings is 3. The molecular formula is C23H22F3NO2. The molecule has 0 spiro atoms. The summed E-state index contributed by atoms with van der Waals surface area (Å²) in [6.07, 6.45) is -0.834. The molecule has 0 aliphatic carbocycles. The van der Waals surface area contributed by atoms with Crippen molar-refractivity contribution in [2.24, 2.45) is 0 Å². The molecule has 3 rings (SSSR count). The van der Waals surface area contributed by atoms with Crippen molar-refractivity contribution in [3.63, 3.8) is 0 Å². The van der Waals surface area contributed by atoms with Gasteiger partial charge in [-0.3, -0.25) is 4.90 Å². The van der Waals surface area contributed by atoms with Crippen LogP contribution in [-0.2, 0) is 13.1 Å². The van der Waals surface area contributed by atoms with Crippen LogP contribution >= 0.6 is 0 Å². The second-order valence-corrected chi connectivity index (χ2v) is 6.81. The van der Waals surface area contributed by atoms with Gasteiger partial charge in [0.2, 0.25) is 0 Å². The van der Waals surface area contributed by atoms with Gasteiger partial charge >= 0.3 is 0 Å². The molecular weight excluding hydrogens is 379 g/mol. The molecule has 3 aromatic carbocycles. The molecule has 29 heavy (non-hydrogen) atoms. The highest BCUT2D eigenvalue weighted by molar-refractivity contribution is 5.21. The quantitative estimate of drug-likeness (QED) is 0.571. The normalized spacial score (nSPS) is 12.2.